The third-order valence-electron chi connectivity index (χ3n) is 4.20. The molecule has 0 aliphatic carbocycles. The maximum absolute atomic E-state index is 14.6. The molecule has 0 bridgehead atoms. The smallest absolute Gasteiger partial charge is 0.379 e. The second-order valence-electron chi connectivity index (χ2n) is 6.25. The van der Waals surface area contributed by atoms with Gasteiger partial charge in [0.05, 0.1) is 18.8 Å². The van der Waals surface area contributed by atoms with Gasteiger partial charge in [0.15, 0.2) is 35.8 Å². The molecule has 190 valence electrons. The topological polar surface area (TPSA) is 83.1 Å². The zero-order valence-corrected chi connectivity index (χ0v) is 18.9. The molecule has 3 atom stereocenters. The van der Waals surface area contributed by atoms with Crippen LogP contribution >= 0.6 is 0 Å². The molecular weight excluding hydrogens is 466 g/mol. The highest BCUT2D eigenvalue weighted by Gasteiger charge is 2.48. The van der Waals surface area contributed by atoms with Crippen molar-refractivity contribution in [2.45, 2.75) is 18.4 Å². The Morgan fingerprint density at radius 2 is 1.09 bits per heavy atom. The van der Waals surface area contributed by atoms with E-state index in [1.54, 1.807) is 0 Å². The molecule has 0 fully saturated rings. The third kappa shape index (κ3) is 7.28. The summed E-state index contributed by atoms with van der Waals surface area (Å²) in [6.07, 6.45) is -2.32. The quantitative estimate of drug-likeness (QED) is 0.113. The molecule has 33 heavy (non-hydrogen) atoms. The van der Waals surface area contributed by atoms with E-state index >= 15 is 0 Å². The summed E-state index contributed by atoms with van der Waals surface area (Å²) in [7, 11) is 5.17. The fraction of sp³-hybridized carbons (Fsp3) is 0.667. The van der Waals surface area contributed by atoms with Gasteiger partial charge in [-0.25, -0.2) is 22.0 Å². The fourth-order valence-corrected chi connectivity index (χ4v) is 2.59. The Kier molecular flexibility index (Phi) is 12.6. The van der Waals surface area contributed by atoms with Crippen LogP contribution in [0.4, 0.5) is 22.0 Å². The first-order chi connectivity index (χ1) is 15.7. The van der Waals surface area contributed by atoms with Gasteiger partial charge in [-0.05, 0) is 0 Å². The monoisotopic (exact) mass is 492 g/mol. The largest absolute Gasteiger partial charge is 0.645 e. The minimum absolute atomic E-state index is 0.158. The van der Waals surface area contributed by atoms with Crippen LogP contribution in [0.2, 0.25) is 0 Å². The first-order valence-electron chi connectivity index (χ1n) is 9.24. The molecule has 0 amide bonds. The van der Waals surface area contributed by atoms with E-state index in [0.717, 1.165) is 14.2 Å². The minimum atomic E-state index is -2.74. The predicted molar refractivity (Wildman–Crippen MR) is 101 cm³/mol. The zero-order chi connectivity index (χ0) is 25.2. The Hall–Kier alpha value is -1.43. The highest BCUT2D eigenvalue weighted by Crippen LogP contribution is 2.36. The molecule has 0 radical (unpaired) electrons. The fourth-order valence-electron chi connectivity index (χ4n) is 2.59. The van der Waals surface area contributed by atoms with E-state index < -0.39 is 66.9 Å². The summed E-state index contributed by atoms with van der Waals surface area (Å²) in [4.78, 5) is 0. The summed E-state index contributed by atoms with van der Waals surface area (Å²) in [5, 5.41) is 0. The van der Waals surface area contributed by atoms with E-state index in [2.05, 4.69) is 0 Å². The van der Waals surface area contributed by atoms with E-state index in [0.29, 0.717) is 0 Å². The van der Waals surface area contributed by atoms with Gasteiger partial charge >= 0.3 is 7.32 Å². The Morgan fingerprint density at radius 3 is 1.42 bits per heavy atom. The van der Waals surface area contributed by atoms with Crippen molar-refractivity contribution in [1.82, 2.24) is 0 Å². The summed E-state index contributed by atoms with van der Waals surface area (Å²) in [6, 6.07) is 0. The van der Waals surface area contributed by atoms with Gasteiger partial charge < -0.3 is 42.4 Å². The number of hydrogen-bond donors (Lipinski definition) is 0. The summed E-state index contributed by atoms with van der Waals surface area (Å²) >= 11 is 0. The van der Waals surface area contributed by atoms with Gasteiger partial charge in [-0.1, -0.05) is 0 Å². The van der Waals surface area contributed by atoms with Gasteiger partial charge in [-0.15, -0.1) is 0 Å². The molecule has 1 rings (SSSR count). The second-order valence-corrected chi connectivity index (χ2v) is 6.25. The van der Waals surface area contributed by atoms with Crippen molar-refractivity contribution < 1.29 is 64.3 Å². The van der Waals surface area contributed by atoms with Crippen LogP contribution in [0.3, 0.4) is 0 Å². The molecule has 0 aromatic heterocycles. The maximum atomic E-state index is 14.6. The predicted octanol–water partition coefficient (Wildman–Crippen LogP) is 2.10. The molecule has 1 aromatic rings. The van der Waals surface area contributed by atoms with Crippen molar-refractivity contribution >= 4 is 7.32 Å². The van der Waals surface area contributed by atoms with Crippen LogP contribution in [0.15, 0.2) is 0 Å². The van der Waals surface area contributed by atoms with Crippen molar-refractivity contribution in [3.63, 3.8) is 0 Å². The molecule has 1 aromatic carbocycles. The molecule has 0 saturated carbocycles. The summed E-state index contributed by atoms with van der Waals surface area (Å²) in [5.74, 6) is -13.9. The Morgan fingerprint density at radius 1 is 0.667 bits per heavy atom. The molecule has 0 heterocycles. The Balaban J connectivity index is 3.56. The van der Waals surface area contributed by atoms with Crippen molar-refractivity contribution in [1.29, 1.82) is 0 Å². The van der Waals surface area contributed by atoms with Crippen LogP contribution in [-0.2, 0) is 48.2 Å². The van der Waals surface area contributed by atoms with Gasteiger partial charge in [0.25, 0.3) is 0 Å². The molecule has 9 nitrogen and oxygen atoms in total. The van der Waals surface area contributed by atoms with Crippen LogP contribution in [0, 0.1) is 29.1 Å². The van der Waals surface area contributed by atoms with Crippen LogP contribution < -0.4 is 0 Å². The molecular formula is C18H26BF5O9. The first kappa shape index (κ1) is 29.6. The molecule has 0 spiro atoms. The molecule has 0 aliphatic heterocycles. The zero-order valence-electron chi connectivity index (χ0n) is 18.9. The van der Waals surface area contributed by atoms with Crippen molar-refractivity contribution in [3.05, 3.63) is 34.6 Å². The first-order valence-corrected chi connectivity index (χ1v) is 9.24. The van der Waals surface area contributed by atoms with E-state index in [1.165, 1.54) is 28.4 Å². The normalized spacial score (nSPS) is 15.4. The summed E-state index contributed by atoms with van der Waals surface area (Å²) < 4.78 is 117. The minimum Gasteiger partial charge on any atom is -0.379 e. The van der Waals surface area contributed by atoms with Crippen LogP contribution in [0.5, 0.6) is 0 Å². The number of benzene rings is 1. The number of ether oxygens (including phenoxy) is 6. The number of halogens is 5. The average molecular weight is 492 g/mol. The van der Waals surface area contributed by atoms with Crippen molar-refractivity contribution in [2.24, 2.45) is 0 Å². The highest BCUT2D eigenvalue weighted by atomic mass is 19.2. The lowest BCUT2D eigenvalue weighted by Crippen LogP contribution is -2.49. The van der Waals surface area contributed by atoms with Crippen molar-refractivity contribution in [3.8, 4) is 0 Å². The van der Waals surface area contributed by atoms with E-state index in [4.69, 9.17) is 42.4 Å². The third-order valence-corrected chi connectivity index (χ3v) is 4.20. The van der Waals surface area contributed by atoms with Crippen molar-refractivity contribution in [2.75, 3.05) is 62.5 Å². The lowest BCUT2D eigenvalue weighted by atomic mass is 10.0. The van der Waals surface area contributed by atoms with E-state index in [1.807, 2.05) is 0 Å². The second kappa shape index (κ2) is 14.1. The summed E-state index contributed by atoms with van der Waals surface area (Å²) in [5.41, 5.74) is -1.47. The van der Waals surface area contributed by atoms with Gasteiger partial charge in [-0.3, -0.25) is 0 Å². The molecule has 0 saturated heterocycles. The van der Waals surface area contributed by atoms with Crippen LogP contribution in [-0.4, -0.2) is 82.4 Å². The van der Waals surface area contributed by atoms with Gasteiger partial charge in [0.1, 0.15) is 6.61 Å². The highest BCUT2D eigenvalue weighted by molar-refractivity contribution is 6.36. The van der Waals surface area contributed by atoms with Gasteiger partial charge in [0.2, 0.25) is 11.6 Å². The maximum Gasteiger partial charge on any atom is 0.645 e. The molecule has 15 heteroatoms. The molecule has 0 N–H and O–H groups in total. The van der Waals surface area contributed by atoms with Crippen LogP contribution in [0.25, 0.3) is 0 Å². The number of rotatable bonds is 16. The molecule has 3 unspecified atom stereocenters. The lowest BCUT2D eigenvalue weighted by Gasteiger charge is -2.35. The van der Waals surface area contributed by atoms with Crippen LogP contribution in [0.1, 0.15) is 5.56 Å². The Labute approximate surface area is 188 Å². The van der Waals surface area contributed by atoms with Gasteiger partial charge in [-0.2, -0.15) is 0 Å². The molecule has 0 aliphatic rings. The van der Waals surface area contributed by atoms with E-state index in [-0.39, 0.29) is 13.2 Å². The van der Waals surface area contributed by atoms with Gasteiger partial charge in [0, 0.05) is 42.7 Å². The average Bonchev–Trinajstić information content (AvgIpc) is 2.80. The number of hydrogen-bond acceptors (Lipinski definition) is 9. The standard InChI is InChI=1S/C18H26BF5O9/c1-25-7-10(28-4)31-19(32-11(29-5)8-26-2)33-18(30-6,9-27-3)12-13(20)15(22)17(24)16(23)14(12)21/h10-11H,7-9H2,1-6H3. The van der Waals surface area contributed by atoms with E-state index in [9.17, 15) is 22.0 Å². The number of methoxy groups -OCH3 is 6. The SMILES string of the molecule is COCC(OC)OB(OC(COC)OC)OC(COC)(OC)c1c(F)c(F)c(F)c(F)c1F. The Bertz CT molecular complexity index is 703. The summed E-state index contributed by atoms with van der Waals surface area (Å²) in [6.45, 7) is -1.17. The lowest BCUT2D eigenvalue weighted by molar-refractivity contribution is -0.245.